The second-order valence-corrected chi connectivity index (χ2v) is 12.4. The number of fused-ring (bicyclic) bond motifs is 2. The Bertz CT molecular complexity index is 1750. The summed E-state index contributed by atoms with van der Waals surface area (Å²) in [5.41, 5.74) is 2.30. The molecule has 9 nitrogen and oxygen atoms in total. The number of ether oxygens (including phenoxy) is 1. The molecule has 0 saturated heterocycles. The number of anilines is 2. The summed E-state index contributed by atoms with van der Waals surface area (Å²) in [6.07, 6.45) is 5.10. The first-order chi connectivity index (χ1) is 21.1. The largest absolute Gasteiger partial charge is 0.493 e. The van der Waals surface area contributed by atoms with E-state index < -0.39 is 5.41 Å². The maximum absolute atomic E-state index is 13.1. The monoisotopic (exact) mass is 659 g/mol. The molecular formula is C34H38BrN5O4. The van der Waals surface area contributed by atoms with E-state index in [1.807, 2.05) is 67.8 Å². The van der Waals surface area contributed by atoms with E-state index in [1.54, 1.807) is 35.3 Å². The highest BCUT2D eigenvalue weighted by Crippen LogP contribution is 2.40. The van der Waals surface area contributed by atoms with Gasteiger partial charge in [0, 0.05) is 67.1 Å². The predicted octanol–water partition coefficient (Wildman–Crippen LogP) is 5.32. The first kappa shape index (κ1) is 31.4. The summed E-state index contributed by atoms with van der Waals surface area (Å²) in [4.78, 5) is 46.8. The molecular weight excluding hydrogens is 622 g/mol. The van der Waals surface area contributed by atoms with Gasteiger partial charge in [0.2, 0.25) is 11.8 Å². The molecule has 3 heterocycles. The third-order valence-corrected chi connectivity index (χ3v) is 8.55. The van der Waals surface area contributed by atoms with Crippen molar-refractivity contribution in [3.05, 3.63) is 93.1 Å². The Morgan fingerprint density at radius 2 is 1.80 bits per heavy atom. The van der Waals surface area contributed by atoms with Crippen molar-refractivity contribution in [1.29, 1.82) is 0 Å². The molecule has 230 valence electrons. The number of carbonyl (C=O) groups excluding carboxylic acids is 2. The lowest BCUT2D eigenvalue weighted by Gasteiger charge is -2.27. The molecule has 0 bridgehead atoms. The molecule has 0 radical (unpaired) electrons. The average molecular weight is 661 g/mol. The molecule has 0 aliphatic carbocycles. The second-order valence-electron chi connectivity index (χ2n) is 11.5. The minimum Gasteiger partial charge on any atom is -0.493 e. The second kappa shape index (κ2) is 13.3. The van der Waals surface area contributed by atoms with Crippen LogP contribution in [0, 0.1) is 5.41 Å². The van der Waals surface area contributed by atoms with Gasteiger partial charge in [0.25, 0.3) is 5.56 Å². The Kier molecular flexibility index (Phi) is 9.51. The first-order valence-corrected chi connectivity index (χ1v) is 15.7. The Morgan fingerprint density at radius 3 is 2.59 bits per heavy atom. The zero-order valence-electron chi connectivity index (χ0n) is 25.6. The van der Waals surface area contributed by atoms with Crippen molar-refractivity contribution in [2.45, 2.75) is 46.7 Å². The molecule has 4 aromatic rings. The number of benzene rings is 2. The van der Waals surface area contributed by atoms with Gasteiger partial charge < -0.3 is 24.4 Å². The number of carbonyl (C=O) groups is 2. The highest BCUT2D eigenvalue weighted by atomic mass is 79.9. The molecule has 1 aliphatic rings. The van der Waals surface area contributed by atoms with Crippen molar-refractivity contribution >= 4 is 49.9 Å². The van der Waals surface area contributed by atoms with Crippen molar-refractivity contribution in [2.24, 2.45) is 5.41 Å². The smallest absolute Gasteiger partial charge is 0.258 e. The van der Waals surface area contributed by atoms with Crippen LogP contribution in [0.1, 0.15) is 38.4 Å². The molecule has 2 aromatic heterocycles. The minimum absolute atomic E-state index is 0.00258. The molecule has 2 aromatic carbocycles. The molecule has 0 saturated carbocycles. The fourth-order valence-corrected chi connectivity index (χ4v) is 5.89. The Morgan fingerprint density at radius 1 is 0.977 bits per heavy atom. The van der Waals surface area contributed by atoms with Crippen LogP contribution in [0.4, 0.5) is 11.4 Å². The van der Waals surface area contributed by atoms with Gasteiger partial charge in [-0.05, 0) is 87.2 Å². The van der Waals surface area contributed by atoms with E-state index in [1.165, 1.54) is 0 Å². The number of nitrogens with zero attached hydrogens (tertiary/aromatic N) is 4. The third-order valence-electron chi connectivity index (χ3n) is 8.06. The van der Waals surface area contributed by atoms with E-state index in [0.717, 1.165) is 34.1 Å². The van der Waals surface area contributed by atoms with Crippen LogP contribution in [0.15, 0.2) is 76.3 Å². The minimum atomic E-state index is -1.14. The van der Waals surface area contributed by atoms with Gasteiger partial charge in [-0.15, -0.1) is 0 Å². The van der Waals surface area contributed by atoms with Crippen molar-refractivity contribution < 1.29 is 14.3 Å². The number of rotatable bonds is 11. The quantitative estimate of drug-likeness (QED) is 0.173. The van der Waals surface area contributed by atoms with Crippen LogP contribution in [0.5, 0.6) is 5.75 Å². The SMILES string of the molecule is CCN1C(=O)C(C)(C)C(=O)N(C)c2cc(OCCCNCc3ccnc(CCn4ccc5ccc(Br)cc5c4=O)c3)ccc21. The molecule has 0 fully saturated rings. The summed E-state index contributed by atoms with van der Waals surface area (Å²) >= 11 is 3.45. The molecule has 1 aliphatic heterocycles. The van der Waals surface area contributed by atoms with Gasteiger partial charge in [-0.1, -0.05) is 22.0 Å². The molecule has 0 atom stereocenters. The lowest BCUT2D eigenvalue weighted by molar-refractivity contribution is -0.137. The lowest BCUT2D eigenvalue weighted by atomic mass is 9.90. The topological polar surface area (TPSA) is 96.8 Å². The number of amides is 2. The maximum atomic E-state index is 13.1. The normalized spacial score (nSPS) is 14.6. The fourth-order valence-electron chi connectivity index (χ4n) is 5.53. The van der Waals surface area contributed by atoms with Gasteiger partial charge >= 0.3 is 0 Å². The van der Waals surface area contributed by atoms with Crippen LogP contribution in [0.3, 0.4) is 0 Å². The van der Waals surface area contributed by atoms with Gasteiger partial charge in [0.1, 0.15) is 11.2 Å². The van der Waals surface area contributed by atoms with E-state index in [4.69, 9.17) is 4.74 Å². The Labute approximate surface area is 266 Å². The highest BCUT2D eigenvalue weighted by Gasteiger charge is 2.45. The summed E-state index contributed by atoms with van der Waals surface area (Å²) in [6, 6.07) is 17.3. The van der Waals surface area contributed by atoms with Crippen LogP contribution in [-0.2, 0) is 29.1 Å². The summed E-state index contributed by atoms with van der Waals surface area (Å²) in [5, 5.41) is 5.09. The number of aromatic nitrogens is 2. The van der Waals surface area contributed by atoms with Crippen LogP contribution in [0.2, 0.25) is 0 Å². The number of hydrogen-bond donors (Lipinski definition) is 1. The van der Waals surface area contributed by atoms with Crippen LogP contribution in [-0.4, -0.2) is 48.1 Å². The van der Waals surface area contributed by atoms with Crippen LogP contribution < -0.4 is 25.4 Å². The van der Waals surface area contributed by atoms with Crippen LogP contribution in [0.25, 0.3) is 10.8 Å². The number of aryl methyl sites for hydroxylation is 2. The van der Waals surface area contributed by atoms with Crippen molar-refractivity contribution in [3.63, 3.8) is 0 Å². The van der Waals surface area contributed by atoms with E-state index in [9.17, 15) is 14.4 Å². The van der Waals surface area contributed by atoms with Gasteiger partial charge in [0.15, 0.2) is 0 Å². The average Bonchev–Trinajstić information content (AvgIpc) is 3.07. The van der Waals surface area contributed by atoms with E-state index in [2.05, 4.69) is 32.3 Å². The molecule has 2 amide bonds. The van der Waals surface area contributed by atoms with E-state index >= 15 is 0 Å². The van der Waals surface area contributed by atoms with Crippen LogP contribution >= 0.6 is 15.9 Å². The van der Waals surface area contributed by atoms with Crippen molar-refractivity contribution in [3.8, 4) is 5.75 Å². The summed E-state index contributed by atoms with van der Waals surface area (Å²) < 4.78 is 8.64. The highest BCUT2D eigenvalue weighted by molar-refractivity contribution is 9.10. The maximum Gasteiger partial charge on any atom is 0.258 e. The number of hydrogen-bond acceptors (Lipinski definition) is 6. The zero-order valence-corrected chi connectivity index (χ0v) is 27.2. The first-order valence-electron chi connectivity index (χ1n) is 14.9. The van der Waals surface area contributed by atoms with Gasteiger partial charge in [-0.25, -0.2) is 0 Å². The standard InChI is InChI=1S/C34H38BrN5O4/c1-5-40-29-10-9-27(21-30(29)38(4)32(42)34(2,3)33(40)43)44-18-6-14-36-22-23-11-15-37-26(19-23)13-17-39-16-12-24-7-8-25(35)20-28(24)31(39)41/h7-12,15-16,19-21,36H,5-6,13-14,17-18,22H2,1-4H3. The van der Waals surface area contributed by atoms with Gasteiger partial charge in [-0.3, -0.25) is 19.4 Å². The van der Waals surface area contributed by atoms with Gasteiger partial charge in [0.05, 0.1) is 18.0 Å². The Balaban J connectivity index is 1.11. The summed E-state index contributed by atoms with van der Waals surface area (Å²) in [7, 11) is 1.70. The molecule has 44 heavy (non-hydrogen) atoms. The predicted molar refractivity (Wildman–Crippen MR) is 177 cm³/mol. The van der Waals surface area contributed by atoms with E-state index in [0.29, 0.717) is 55.2 Å². The molecule has 0 spiro atoms. The third kappa shape index (κ3) is 6.56. The number of halogens is 1. The van der Waals surface area contributed by atoms with Crippen molar-refractivity contribution in [2.75, 3.05) is 36.5 Å². The number of nitrogens with one attached hydrogen (secondary N) is 1. The molecule has 1 N–H and O–H groups in total. The molecule has 10 heteroatoms. The fraction of sp³-hybridized carbons (Fsp3) is 0.353. The molecule has 0 unspecified atom stereocenters. The van der Waals surface area contributed by atoms with Crippen molar-refractivity contribution in [1.82, 2.24) is 14.9 Å². The summed E-state index contributed by atoms with van der Waals surface area (Å²) in [6.45, 7) is 8.25. The number of pyridine rings is 2. The summed E-state index contributed by atoms with van der Waals surface area (Å²) in [5.74, 6) is 0.213. The van der Waals surface area contributed by atoms with Gasteiger partial charge in [-0.2, -0.15) is 0 Å². The lowest BCUT2D eigenvalue weighted by Crippen LogP contribution is -2.47. The molecule has 5 rings (SSSR count). The van der Waals surface area contributed by atoms with E-state index in [-0.39, 0.29) is 17.4 Å². The zero-order chi connectivity index (χ0) is 31.4. The Hall–Kier alpha value is -4.02.